The Bertz CT molecular complexity index is 776. The van der Waals surface area contributed by atoms with Gasteiger partial charge in [0.15, 0.2) is 0 Å². The van der Waals surface area contributed by atoms with E-state index in [9.17, 15) is 14.3 Å². The smallest absolute Gasteiger partial charge is 0.255 e. The van der Waals surface area contributed by atoms with E-state index in [4.69, 9.17) is 10.5 Å². The van der Waals surface area contributed by atoms with Gasteiger partial charge in [0.1, 0.15) is 18.0 Å². The van der Waals surface area contributed by atoms with Gasteiger partial charge in [0.25, 0.3) is 5.91 Å². The molecule has 1 fully saturated rings. The Kier molecular flexibility index (Phi) is 4.91. The fourth-order valence-electron chi connectivity index (χ4n) is 2.68. The van der Waals surface area contributed by atoms with Crippen molar-refractivity contribution in [1.29, 1.82) is 0 Å². The molecule has 0 saturated carbocycles. The Morgan fingerprint density at radius 3 is 2.88 bits per heavy atom. The van der Waals surface area contributed by atoms with E-state index in [1.165, 1.54) is 23.4 Å². The molecule has 3 heterocycles. The van der Waals surface area contributed by atoms with Crippen LogP contribution >= 0.6 is 0 Å². The van der Waals surface area contributed by atoms with Crippen LogP contribution in [0.4, 0.5) is 4.39 Å². The van der Waals surface area contributed by atoms with Crippen LogP contribution in [0.1, 0.15) is 21.6 Å². The molecule has 3 N–H and O–H groups in total. The quantitative estimate of drug-likeness (QED) is 0.862. The molecule has 8 heteroatoms. The van der Waals surface area contributed by atoms with Crippen molar-refractivity contribution >= 4 is 5.91 Å². The number of aromatic nitrogens is 2. The lowest BCUT2D eigenvalue weighted by Gasteiger charge is -2.15. The number of aryl methyl sites for hydroxylation is 1. The fraction of sp³-hybridized carbons (Fsp3) is 0.353. The number of aliphatic hydroxyl groups excluding tert-OH is 1. The Morgan fingerprint density at radius 2 is 2.20 bits per heavy atom. The average Bonchev–Trinajstić information content (AvgIpc) is 2.93. The Morgan fingerprint density at radius 1 is 1.40 bits per heavy atom. The average molecular weight is 346 g/mol. The summed E-state index contributed by atoms with van der Waals surface area (Å²) in [7, 11) is 0. The maximum atomic E-state index is 13.4. The van der Waals surface area contributed by atoms with Crippen molar-refractivity contribution in [1.82, 2.24) is 14.9 Å². The number of rotatable bonds is 4. The fourth-order valence-corrected chi connectivity index (χ4v) is 2.68. The first-order valence-corrected chi connectivity index (χ1v) is 7.88. The molecule has 2 unspecified atom stereocenters. The standard InChI is InChI=1S/C17H19FN4O3/c1-10-2-11(5-19)3-16(21-10)25-13-4-12(6-20-7-13)17(24)22-8-14(18)15(23)9-22/h2-4,6-7,14-15,23H,5,8-9,19H2,1H3. The first kappa shape index (κ1) is 17.2. The number of nitrogens with zero attached hydrogens (tertiary/aromatic N) is 3. The number of alkyl halides is 1. The molecular weight excluding hydrogens is 327 g/mol. The van der Waals surface area contributed by atoms with Crippen molar-refractivity contribution in [3.05, 3.63) is 47.4 Å². The minimum atomic E-state index is -1.43. The molecule has 2 aromatic heterocycles. The Balaban J connectivity index is 1.78. The van der Waals surface area contributed by atoms with E-state index in [-0.39, 0.29) is 18.7 Å². The van der Waals surface area contributed by atoms with Gasteiger partial charge in [-0.25, -0.2) is 9.37 Å². The summed E-state index contributed by atoms with van der Waals surface area (Å²) < 4.78 is 19.1. The predicted molar refractivity (Wildman–Crippen MR) is 88.0 cm³/mol. The molecule has 2 atom stereocenters. The van der Waals surface area contributed by atoms with Gasteiger partial charge in [-0.1, -0.05) is 0 Å². The number of β-amino-alcohol motifs (C(OH)–C–C–N with tert-alkyl or cyclic N) is 1. The van der Waals surface area contributed by atoms with E-state index in [1.807, 2.05) is 13.0 Å². The molecule has 132 valence electrons. The van der Waals surface area contributed by atoms with Gasteiger partial charge in [0.05, 0.1) is 18.3 Å². The van der Waals surface area contributed by atoms with Gasteiger partial charge < -0.3 is 20.5 Å². The van der Waals surface area contributed by atoms with Gasteiger partial charge in [-0.3, -0.25) is 9.78 Å². The number of nitrogens with two attached hydrogens (primary N) is 1. The number of halogens is 1. The summed E-state index contributed by atoms with van der Waals surface area (Å²) in [6, 6.07) is 5.09. The van der Waals surface area contributed by atoms with E-state index in [2.05, 4.69) is 9.97 Å². The third-order valence-corrected chi connectivity index (χ3v) is 3.91. The van der Waals surface area contributed by atoms with Crippen LogP contribution < -0.4 is 10.5 Å². The zero-order valence-electron chi connectivity index (χ0n) is 13.7. The second-order valence-electron chi connectivity index (χ2n) is 5.96. The topological polar surface area (TPSA) is 102 Å². The van der Waals surface area contributed by atoms with Crippen molar-refractivity contribution in [2.75, 3.05) is 13.1 Å². The molecular formula is C17H19FN4O3. The number of pyridine rings is 2. The molecule has 1 amide bonds. The van der Waals surface area contributed by atoms with Crippen LogP contribution in [0.3, 0.4) is 0 Å². The molecule has 0 spiro atoms. The van der Waals surface area contributed by atoms with Crippen molar-refractivity contribution in [3.8, 4) is 11.6 Å². The highest BCUT2D eigenvalue weighted by atomic mass is 19.1. The number of hydrogen-bond donors (Lipinski definition) is 2. The SMILES string of the molecule is Cc1cc(CN)cc(Oc2cncc(C(=O)N3CC(O)C(F)C3)c2)n1. The van der Waals surface area contributed by atoms with E-state index >= 15 is 0 Å². The molecule has 7 nitrogen and oxygen atoms in total. The number of aliphatic hydroxyl groups is 1. The van der Waals surface area contributed by atoms with Gasteiger partial charge in [0.2, 0.25) is 5.88 Å². The lowest BCUT2D eigenvalue weighted by atomic mass is 10.2. The number of hydrogen-bond acceptors (Lipinski definition) is 6. The highest BCUT2D eigenvalue weighted by molar-refractivity contribution is 5.94. The summed E-state index contributed by atoms with van der Waals surface area (Å²) in [5.41, 5.74) is 7.53. The van der Waals surface area contributed by atoms with Crippen LogP contribution in [-0.4, -0.2) is 51.2 Å². The molecule has 0 bridgehead atoms. The normalized spacial score (nSPS) is 19.9. The zero-order chi connectivity index (χ0) is 18.0. The Hall–Kier alpha value is -2.58. The second-order valence-corrected chi connectivity index (χ2v) is 5.96. The number of carbonyl (C=O) groups is 1. The van der Waals surface area contributed by atoms with Gasteiger partial charge in [-0.2, -0.15) is 0 Å². The van der Waals surface area contributed by atoms with E-state index in [1.54, 1.807) is 6.07 Å². The minimum absolute atomic E-state index is 0.0373. The van der Waals surface area contributed by atoms with Gasteiger partial charge in [-0.05, 0) is 24.6 Å². The third kappa shape index (κ3) is 3.92. The number of amides is 1. The van der Waals surface area contributed by atoms with Crippen LogP contribution in [0.15, 0.2) is 30.6 Å². The molecule has 3 rings (SSSR count). The van der Waals surface area contributed by atoms with E-state index in [0.29, 0.717) is 18.2 Å². The molecule has 2 aromatic rings. The molecule has 25 heavy (non-hydrogen) atoms. The summed E-state index contributed by atoms with van der Waals surface area (Å²) >= 11 is 0. The van der Waals surface area contributed by atoms with Crippen molar-refractivity contribution < 1.29 is 19.0 Å². The largest absolute Gasteiger partial charge is 0.437 e. The lowest BCUT2D eigenvalue weighted by molar-refractivity contribution is 0.0763. The summed E-state index contributed by atoms with van der Waals surface area (Å²) in [6.07, 6.45) is 0.256. The van der Waals surface area contributed by atoms with Gasteiger partial charge >= 0.3 is 0 Å². The highest BCUT2D eigenvalue weighted by Gasteiger charge is 2.34. The van der Waals surface area contributed by atoms with Crippen molar-refractivity contribution in [2.24, 2.45) is 5.73 Å². The first-order chi connectivity index (χ1) is 12.0. The summed E-state index contributed by atoms with van der Waals surface area (Å²) in [4.78, 5) is 21.9. The van der Waals surface area contributed by atoms with Crippen molar-refractivity contribution in [2.45, 2.75) is 25.7 Å². The van der Waals surface area contributed by atoms with Crippen molar-refractivity contribution in [3.63, 3.8) is 0 Å². The van der Waals surface area contributed by atoms with Crippen LogP contribution in [0.25, 0.3) is 0 Å². The first-order valence-electron chi connectivity index (χ1n) is 7.88. The van der Waals surface area contributed by atoms with Crippen LogP contribution in [0.5, 0.6) is 11.6 Å². The van der Waals surface area contributed by atoms with Gasteiger partial charge in [-0.15, -0.1) is 0 Å². The number of likely N-dealkylation sites (tertiary alicyclic amines) is 1. The molecule has 0 aliphatic carbocycles. The molecule has 1 saturated heterocycles. The summed E-state index contributed by atoms with van der Waals surface area (Å²) in [6.45, 7) is 2.02. The number of ether oxygens (including phenoxy) is 1. The maximum absolute atomic E-state index is 13.4. The Labute approximate surface area is 144 Å². The predicted octanol–water partition coefficient (Wildman–Crippen LogP) is 1.19. The molecule has 0 radical (unpaired) electrons. The van der Waals surface area contributed by atoms with E-state index < -0.39 is 18.2 Å². The zero-order valence-corrected chi connectivity index (χ0v) is 13.7. The second kappa shape index (κ2) is 7.12. The lowest BCUT2D eigenvalue weighted by Crippen LogP contribution is -2.29. The molecule has 1 aliphatic heterocycles. The van der Waals surface area contributed by atoms with Crippen LogP contribution in [-0.2, 0) is 6.54 Å². The van der Waals surface area contributed by atoms with Crippen LogP contribution in [0.2, 0.25) is 0 Å². The van der Waals surface area contributed by atoms with Crippen LogP contribution in [0, 0.1) is 6.92 Å². The summed E-state index contributed by atoms with van der Waals surface area (Å²) in [5, 5.41) is 9.46. The van der Waals surface area contributed by atoms with Gasteiger partial charge in [0, 0.05) is 31.0 Å². The maximum Gasteiger partial charge on any atom is 0.255 e. The minimum Gasteiger partial charge on any atom is -0.437 e. The van der Waals surface area contributed by atoms with E-state index in [0.717, 1.165) is 11.3 Å². The third-order valence-electron chi connectivity index (χ3n) is 3.91. The monoisotopic (exact) mass is 346 g/mol. The number of carbonyl (C=O) groups excluding carboxylic acids is 1. The highest BCUT2D eigenvalue weighted by Crippen LogP contribution is 2.23. The molecule has 0 aromatic carbocycles. The summed E-state index contributed by atoms with van der Waals surface area (Å²) in [5.74, 6) is 0.285. The molecule has 1 aliphatic rings.